The van der Waals surface area contributed by atoms with Gasteiger partial charge in [0, 0.05) is 49.1 Å². The molecular weight excluding hydrogens is 366 g/mol. The molecule has 3 aromatic rings. The average molecular weight is 386 g/mol. The van der Waals surface area contributed by atoms with E-state index in [1.807, 2.05) is 40.6 Å². The number of thiazole rings is 1. The summed E-state index contributed by atoms with van der Waals surface area (Å²) in [5.74, 6) is 0.904. The van der Waals surface area contributed by atoms with Crippen LogP contribution in [0.5, 0.6) is 0 Å². The van der Waals surface area contributed by atoms with Crippen LogP contribution in [0.1, 0.15) is 10.6 Å². The van der Waals surface area contributed by atoms with Gasteiger partial charge in [-0.1, -0.05) is 6.07 Å². The molecule has 1 fully saturated rings. The monoisotopic (exact) mass is 385 g/mol. The molecule has 3 aromatic heterocycles. The number of aromatic nitrogens is 1. The van der Waals surface area contributed by atoms with Gasteiger partial charge in [-0.2, -0.15) is 0 Å². The third-order valence-electron chi connectivity index (χ3n) is 4.29. The Hall–Kier alpha value is -2.22. The van der Waals surface area contributed by atoms with Crippen LogP contribution < -0.4 is 0 Å². The van der Waals surface area contributed by atoms with Crippen molar-refractivity contribution in [3.63, 3.8) is 0 Å². The molecule has 134 valence electrons. The summed E-state index contributed by atoms with van der Waals surface area (Å²) in [7, 11) is 0. The second-order valence-electron chi connectivity index (χ2n) is 6.07. The van der Waals surface area contributed by atoms with Gasteiger partial charge in [-0.05, 0) is 29.7 Å². The Morgan fingerprint density at radius 1 is 1.19 bits per heavy atom. The Morgan fingerprint density at radius 3 is 2.81 bits per heavy atom. The van der Waals surface area contributed by atoms with Crippen LogP contribution in [0, 0.1) is 0 Å². The summed E-state index contributed by atoms with van der Waals surface area (Å²) in [5.41, 5.74) is 1.05. The Kier molecular flexibility index (Phi) is 5.29. The lowest BCUT2D eigenvalue weighted by molar-refractivity contribution is -0.127. The highest BCUT2D eigenvalue weighted by molar-refractivity contribution is 7.13. The minimum absolute atomic E-state index is 0.0896. The van der Waals surface area contributed by atoms with Crippen LogP contribution in [0.4, 0.5) is 0 Å². The fourth-order valence-electron chi connectivity index (χ4n) is 2.89. The molecule has 0 radical (unpaired) electrons. The number of furan rings is 1. The number of rotatable bonds is 5. The molecule has 26 heavy (non-hydrogen) atoms. The number of thiophene rings is 1. The molecule has 1 aliphatic rings. The SMILES string of the molecule is O=C(/C=C/c1cccs1)N1CCN(Cc2csc(-c3ccco3)n2)CC1. The molecule has 0 atom stereocenters. The van der Waals surface area contributed by atoms with Gasteiger partial charge < -0.3 is 9.32 Å². The molecule has 4 heterocycles. The second-order valence-corrected chi connectivity index (χ2v) is 7.91. The topological polar surface area (TPSA) is 49.6 Å². The minimum atomic E-state index is 0.0896. The summed E-state index contributed by atoms with van der Waals surface area (Å²) in [6.07, 6.45) is 5.24. The molecule has 0 unspecified atom stereocenters. The maximum Gasteiger partial charge on any atom is 0.246 e. The van der Waals surface area contributed by atoms with Gasteiger partial charge in [0.05, 0.1) is 12.0 Å². The van der Waals surface area contributed by atoms with Gasteiger partial charge in [0.1, 0.15) is 0 Å². The van der Waals surface area contributed by atoms with Crippen LogP contribution in [-0.2, 0) is 11.3 Å². The van der Waals surface area contributed by atoms with Crippen molar-refractivity contribution in [2.24, 2.45) is 0 Å². The fourth-order valence-corrected chi connectivity index (χ4v) is 4.29. The summed E-state index contributed by atoms with van der Waals surface area (Å²) >= 11 is 3.24. The van der Waals surface area contributed by atoms with E-state index in [-0.39, 0.29) is 5.91 Å². The van der Waals surface area contributed by atoms with E-state index >= 15 is 0 Å². The molecule has 0 aliphatic carbocycles. The normalized spacial score (nSPS) is 15.8. The van der Waals surface area contributed by atoms with Gasteiger partial charge >= 0.3 is 0 Å². The lowest BCUT2D eigenvalue weighted by Crippen LogP contribution is -2.47. The van der Waals surface area contributed by atoms with Crippen molar-refractivity contribution >= 4 is 34.7 Å². The van der Waals surface area contributed by atoms with Crippen molar-refractivity contribution < 1.29 is 9.21 Å². The van der Waals surface area contributed by atoms with E-state index in [0.29, 0.717) is 0 Å². The highest BCUT2D eigenvalue weighted by Crippen LogP contribution is 2.24. The Balaban J connectivity index is 1.28. The standard InChI is InChI=1S/C19H19N3O2S2/c23-18(6-5-16-3-2-12-25-16)22-9-7-21(8-10-22)13-15-14-26-19(20-15)17-4-1-11-24-17/h1-6,11-12,14H,7-10,13H2/b6-5+. The molecule has 0 aromatic carbocycles. The van der Waals surface area contributed by atoms with Gasteiger partial charge in [0.2, 0.25) is 5.91 Å². The molecular formula is C19H19N3O2S2. The van der Waals surface area contributed by atoms with Crippen molar-refractivity contribution in [1.82, 2.24) is 14.8 Å². The average Bonchev–Trinajstić information content (AvgIpc) is 3.41. The molecule has 0 N–H and O–H groups in total. The minimum Gasteiger partial charge on any atom is -0.462 e. The van der Waals surface area contributed by atoms with Crippen molar-refractivity contribution in [2.45, 2.75) is 6.54 Å². The molecule has 4 rings (SSSR count). The number of hydrogen-bond donors (Lipinski definition) is 0. The highest BCUT2D eigenvalue weighted by atomic mass is 32.1. The molecule has 1 amide bonds. The lowest BCUT2D eigenvalue weighted by atomic mass is 10.2. The Morgan fingerprint density at radius 2 is 2.08 bits per heavy atom. The first kappa shape index (κ1) is 17.2. The van der Waals surface area contributed by atoms with Crippen molar-refractivity contribution in [3.05, 3.63) is 57.9 Å². The smallest absolute Gasteiger partial charge is 0.246 e. The van der Waals surface area contributed by atoms with Crippen LogP contribution in [0.2, 0.25) is 0 Å². The number of hydrogen-bond acceptors (Lipinski definition) is 6. The number of carbonyl (C=O) groups is 1. The van der Waals surface area contributed by atoms with E-state index < -0.39 is 0 Å². The summed E-state index contributed by atoms with van der Waals surface area (Å²) in [6, 6.07) is 7.80. The van der Waals surface area contributed by atoms with Crippen LogP contribution in [-0.4, -0.2) is 46.9 Å². The van der Waals surface area contributed by atoms with Crippen molar-refractivity contribution in [3.8, 4) is 10.8 Å². The van der Waals surface area contributed by atoms with Crippen LogP contribution in [0.25, 0.3) is 16.8 Å². The van der Waals surface area contributed by atoms with Crippen LogP contribution in [0.15, 0.2) is 51.8 Å². The van der Waals surface area contributed by atoms with E-state index in [4.69, 9.17) is 4.42 Å². The van der Waals surface area contributed by atoms with Crippen molar-refractivity contribution in [2.75, 3.05) is 26.2 Å². The summed E-state index contributed by atoms with van der Waals surface area (Å²) in [5, 5.41) is 5.01. The van der Waals surface area contributed by atoms with Gasteiger partial charge in [-0.15, -0.1) is 22.7 Å². The summed E-state index contributed by atoms with van der Waals surface area (Å²) in [6.45, 7) is 4.05. The maximum atomic E-state index is 12.3. The zero-order chi connectivity index (χ0) is 17.8. The largest absolute Gasteiger partial charge is 0.462 e. The van der Waals surface area contributed by atoms with Gasteiger partial charge in [-0.3, -0.25) is 9.69 Å². The first-order chi connectivity index (χ1) is 12.8. The Labute approximate surface area is 160 Å². The van der Waals surface area contributed by atoms with Crippen LogP contribution >= 0.6 is 22.7 Å². The van der Waals surface area contributed by atoms with Gasteiger partial charge in [0.15, 0.2) is 10.8 Å². The second kappa shape index (κ2) is 7.99. The number of amides is 1. The predicted octanol–water partition coefficient (Wildman–Crippen LogP) is 3.82. The third kappa shape index (κ3) is 4.12. The molecule has 0 saturated carbocycles. The number of carbonyl (C=O) groups excluding carboxylic acids is 1. The number of nitrogens with zero attached hydrogens (tertiary/aromatic N) is 3. The molecule has 1 aliphatic heterocycles. The van der Waals surface area contributed by atoms with Gasteiger partial charge in [0.25, 0.3) is 0 Å². The van der Waals surface area contributed by atoms with E-state index in [0.717, 1.165) is 54.1 Å². The highest BCUT2D eigenvalue weighted by Gasteiger charge is 2.20. The zero-order valence-corrected chi connectivity index (χ0v) is 15.8. The molecule has 0 bridgehead atoms. The van der Waals surface area contributed by atoms with Crippen molar-refractivity contribution in [1.29, 1.82) is 0 Å². The van der Waals surface area contributed by atoms with E-state index in [2.05, 4.69) is 15.3 Å². The summed E-state index contributed by atoms with van der Waals surface area (Å²) < 4.78 is 5.40. The first-order valence-corrected chi connectivity index (χ1v) is 10.2. The fraction of sp³-hybridized carbons (Fsp3) is 0.263. The quantitative estimate of drug-likeness (QED) is 0.627. The van der Waals surface area contributed by atoms with Crippen LogP contribution in [0.3, 0.4) is 0 Å². The molecule has 0 spiro atoms. The van der Waals surface area contributed by atoms with Gasteiger partial charge in [-0.25, -0.2) is 4.98 Å². The number of piperazine rings is 1. The molecule has 1 saturated heterocycles. The van der Waals surface area contributed by atoms with E-state index in [1.54, 1.807) is 35.0 Å². The summed E-state index contributed by atoms with van der Waals surface area (Å²) in [4.78, 5) is 22.3. The maximum absolute atomic E-state index is 12.3. The Bertz CT molecular complexity index is 861. The lowest BCUT2D eigenvalue weighted by Gasteiger charge is -2.33. The molecule has 5 nitrogen and oxygen atoms in total. The first-order valence-electron chi connectivity index (χ1n) is 8.49. The predicted molar refractivity (Wildman–Crippen MR) is 105 cm³/mol. The van der Waals surface area contributed by atoms with E-state index in [1.165, 1.54) is 0 Å². The molecule has 7 heteroatoms. The van der Waals surface area contributed by atoms with E-state index in [9.17, 15) is 4.79 Å². The zero-order valence-electron chi connectivity index (χ0n) is 14.2. The third-order valence-corrected chi connectivity index (χ3v) is 6.03.